The van der Waals surface area contributed by atoms with E-state index in [4.69, 9.17) is 24.5 Å². The maximum absolute atomic E-state index is 13.6. The van der Waals surface area contributed by atoms with Gasteiger partial charge in [0.15, 0.2) is 0 Å². The summed E-state index contributed by atoms with van der Waals surface area (Å²) in [5.74, 6) is -1.54. The molecule has 0 unspecified atom stereocenters. The van der Waals surface area contributed by atoms with Gasteiger partial charge >= 0.3 is 24.4 Å². The Balaban J connectivity index is 0.000000266. The molecule has 0 fully saturated rings. The first kappa shape index (κ1) is 50.9. The monoisotopic (exact) mass is 938 g/mol. The SMILES string of the molecule is CC(C)(C)OC(=O)Nc1ncc(-c2ccc(-n3cc(-c4cc(F)cc(F)c4)nn3)cc2)n1C(=O)OC(C)(C)C.CC(C)(C)OC(=O)Nc1ncc(-c2ccc(N=[N+]=[N-])cc2)n1C(=O)OC(C)(C)C. The van der Waals surface area contributed by atoms with Crippen LogP contribution in [0.3, 0.4) is 0 Å². The van der Waals surface area contributed by atoms with Crippen LogP contribution in [-0.4, -0.2) is 80.9 Å². The lowest BCUT2D eigenvalue weighted by atomic mass is 10.1. The summed E-state index contributed by atoms with van der Waals surface area (Å²) in [5.41, 5.74) is 9.00. The van der Waals surface area contributed by atoms with E-state index >= 15 is 0 Å². The zero-order valence-electron chi connectivity index (χ0n) is 39.6. The van der Waals surface area contributed by atoms with E-state index in [-0.39, 0.29) is 17.5 Å². The third-order valence-corrected chi connectivity index (χ3v) is 8.30. The summed E-state index contributed by atoms with van der Waals surface area (Å²) in [6.45, 7) is 20.7. The predicted molar refractivity (Wildman–Crippen MR) is 247 cm³/mol. The highest BCUT2D eigenvalue weighted by Gasteiger charge is 2.28. The number of carbonyl (C=O) groups is 4. The first-order chi connectivity index (χ1) is 31.6. The second-order valence-electron chi connectivity index (χ2n) is 18.8. The fourth-order valence-corrected chi connectivity index (χ4v) is 5.82. The minimum atomic E-state index is -0.805. The van der Waals surface area contributed by atoms with Crippen LogP contribution in [0.1, 0.15) is 83.1 Å². The summed E-state index contributed by atoms with van der Waals surface area (Å²) in [6, 6.07) is 16.5. The molecule has 0 atom stereocenters. The molecule has 0 radical (unpaired) electrons. The smallest absolute Gasteiger partial charge is 0.421 e. The lowest BCUT2D eigenvalue weighted by Crippen LogP contribution is -2.31. The molecule has 68 heavy (non-hydrogen) atoms. The van der Waals surface area contributed by atoms with Gasteiger partial charge in [-0.2, -0.15) is 0 Å². The molecule has 2 N–H and O–H groups in total. The van der Waals surface area contributed by atoms with E-state index in [2.05, 4.69) is 40.9 Å². The standard InChI is InChI=1S/C27H28F2N6O4.C19H24N6O4/c1-26(2,3)38-24(36)31-23-30-14-22(35(23)25(37)39-27(4,5)6)16-7-9-20(10-8-16)34-15-21(32-33-34)17-11-18(28)13-19(29)12-17;1-18(2,3)28-16(26)22-15-21-11-14(25(15)17(27)29-19(4,5)6)12-7-9-13(10-8-12)23-24-20/h7-15H,1-6H3,(H,30,31,36);7-11H,1-6H3,(H,21,22,26). The molecular weight excluding hydrogens is 887 g/mol. The van der Waals surface area contributed by atoms with Gasteiger partial charge in [-0.15, -0.1) is 5.10 Å². The largest absolute Gasteiger partial charge is 0.444 e. The van der Waals surface area contributed by atoms with Crippen LogP contribution in [-0.2, 0) is 18.9 Å². The van der Waals surface area contributed by atoms with Crippen LogP contribution < -0.4 is 10.6 Å². The number of hydrogen-bond acceptors (Lipinski definition) is 13. The topological polar surface area (TPSA) is 244 Å². The van der Waals surface area contributed by atoms with Crippen molar-refractivity contribution in [3.63, 3.8) is 0 Å². The van der Waals surface area contributed by atoms with Crippen molar-refractivity contribution >= 4 is 42.0 Å². The molecule has 22 heteroatoms. The van der Waals surface area contributed by atoms with E-state index in [9.17, 15) is 28.0 Å². The quantitative estimate of drug-likeness (QED) is 0.0657. The van der Waals surface area contributed by atoms with Gasteiger partial charge in [0.2, 0.25) is 11.9 Å². The molecule has 2 amide bonds. The minimum Gasteiger partial charge on any atom is -0.444 e. The maximum Gasteiger partial charge on any atom is 0.421 e. The highest BCUT2D eigenvalue weighted by atomic mass is 19.1. The maximum atomic E-state index is 13.6. The Bertz CT molecular complexity index is 2820. The number of halogens is 2. The Morgan fingerprint density at radius 2 is 1.01 bits per heavy atom. The van der Waals surface area contributed by atoms with Crippen LogP contribution in [0.5, 0.6) is 0 Å². The summed E-state index contributed by atoms with van der Waals surface area (Å²) in [4.78, 5) is 61.6. The number of imidazole rings is 2. The molecule has 3 heterocycles. The van der Waals surface area contributed by atoms with Crippen LogP contribution in [0.15, 0.2) is 90.4 Å². The van der Waals surface area contributed by atoms with E-state index in [0.29, 0.717) is 39.6 Å². The van der Waals surface area contributed by atoms with Crippen molar-refractivity contribution < 1.29 is 46.9 Å². The van der Waals surface area contributed by atoms with E-state index in [1.54, 1.807) is 132 Å². The van der Waals surface area contributed by atoms with Gasteiger partial charge in [-0.3, -0.25) is 10.6 Å². The third-order valence-electron chi connectivity index (χ3n) is 8.30. The van der Waals surface area contributed by atoms with Crippen molar-refractivity contribution in [3.05, 3.63) is 107 Å². The van der Waals surface area contributed by atoms with Gasteiger partial charge in [0.05, 0.1) is 35.7 Å². The van der Waals surface area contributed by atoms with E-state index in [1.807, 2.05) is 0 Å². The van der Waals surface area contributed by atoms with E-state index < -0.39 is 58.4 Å². The molecule has 3 aromatic heterocycles. The van der Waals surface area contributed by atoms with Gasteiger partial charge in [0.25, 0.3) is 0 Å². The predicted octanol–water partition coefficient (Wildman–Crippen LogP) is 11.8. The fraction of sp³-hybridized carbons (Fsp3) is 0.348. The number of hydrogen-bond donors (Lipinski definition) is 2. The molecule has 0 saturated carbocycles. The van der Waals surface area contributed by atoms with Crippen molar-refractivity contribution in [1.29, 1.82) is 0 Å². The molecule has 358 valence electrons. The number of amides is 2. The summed E-state index contributed by atoms with van der Waals surface area (Å²) < 4.78 is 52.5. The lowest BCUT2D eigenvalue weighted by Gasteiger charge is -2.22. The van der Waals surface area contributed by atoms with Crippen molar-refractivity contribution in [2.45, 2.75) is 105 Å². The summed E-state index contributed by atoms with van der Waals surface area (Å²) >= 11 is 0. The highest BCUT2D eigenvalue weighted by molar-refractivity contribution is 5.90. The molecule has 0 saturated heterocycles. The van der Waals surface area contributed by atoms with Gasteiger partial charge in [-0.1, -0.05) is 46.7 Å². The average Bonchev–Trinajstić information content (AvgIpc) is 3.95. The Morgan fingerprint density at radius 3 is 1.41 bits per heavy atom. The number of ether oxygens (including phenoxy) is 4. The third kappa shape index (κ3) is 14.4. The highest BCUT2D eigenvalue weighted by Crippen LogP contribution is 2.29. The number of nitrogens with one attached hydrogen (secondary N) is 2. The molecule has 0 aliphatic rings. The Morgan fingerprint density at radius 1 is 0.603 bits per heavy atom. The number of carbonyl (C=O) groups excluding carboxylic acids is 4. The molecule has 0 aliphatic carbocycles. The summed E-state index contributed by atoms with van der Waals surface area (Å²) in [7, 11) is 0. The van der Waals surface area contributed by atoms with Crippen LogP contribution in [0.25, 0.3) is 49.9 Å². The van der Waals surface area contributed by atoms with E-state index in [0.717, 1.165) is 15.2 Å². The number of azide groups is 1. The second kappa shape index (κ2) is 20.2. The number of benzene rings is 3. The summed E-state index contributed by atoms with van der Waals surface area (Å²) in [5, 5.41) is 16.6. The van der Waals surface area contributed by atoms with E-state index in [1.165, 1.54) is 35.4 Å². The number of nitrogens with zero attached hydrogens (tertiary/aromatic N) is 10. The van der Waals surface area contributed by atoms with Crippen LogP contribution in [0.4, 0.5) is 45.5 Å². The number of aromatic nitrogens is 7. The Hall–Kier alpha value is -8.13. The molecule has 6 aromatic rings. The van der Waals surface area contributed by atoms with Gasteiger partial charge in [0, 0.05) is 33.4 Å². The number of anilines is 2. The van der Waals surface area contributed by atoms with Gasteiger partial charge in [-0.05, 0) is 113 Å². The Labute approximate surface area is 390 Å². The van der Waals surface area contributed by atoms with Crippen molar-refractivity contribution in [2.75, 3.05) is 10.6 Å². The zero-order valence-corrected chi connectivity index (χ0v) is 39.6. The normalized spacial score (nSPS) is 11.6. The fourth-order valence-electron chi connectivity index (χ4n) is 5.82. The van der Waals surface area contributed by atoms with Gasteiger partial charge < -0.3 is 18.9 Å². The van der Waals surface area contributed by atoms with Crippen molar-refractivity contribution in [2.24, 2.45) is 5.11 Å². The van der Waals surface area contributed by atoms with Crippen LogP contribution in [0.2, 0.25) is 0 Å². The summed E-state index contributed by atoms with van der Waals surface area (Å²) in [6.07, 6.45) is 1.41. The van der Waals surface area contributed by atoms with Crippen molar-refractivity contribution in [1.82, 2.24) is 34.1 Å². The molecule has 20 nitrogen and oxygen atoms in total. The molecule has 0 bridgehead atoms. The molecule has 3 aromatic carbocycles. The Kier molecular flexibility index (Phi) is 15.1. The molecule has 0 aliphatic heterocycles. The molecular formula is C46H52F2N12O8. The lowest BCUT2D eigenvalue weighted by molar-refractivity contribution is 0.0526. The molecule has 0 spiro atoms. The average molecular weight is 939 g/mol. The second-order valence-corrected chi connectivity index (χ2v) is 18.8. The number of rotatable bonds is 7. The van der Waals surface area contributed by atoms with Crippen LogP contribution in [0, 0.1) is 11.6 Å². The minimum absolute atomic E-state index is 0.0392. The molecule has 6 rings (SSSR count). The van der Waals surface area contributed by atoms with Gasteiger partial charge in [-0.25, -0.2) is 51.7 Å². The zero-order chi connectivity index (χ0) is 50.4. The van der Waals surface area contributed by atoms with Gasteiger partial charge in [0.1, 0.15) is 39.7 Å². The van der Waals surface area contributed by atoms with Crippen LogP contribution >= 0.6 is 0 Å². The van der Waals surface area contributed by atoms with Crippen molar-refractivity contribution in [3.8, 4) is 39.5 Å². The first-order valence-corrected chi connectivity index (χ1v) is 20.9. The first-order valence-electron chi connectivity index (χ1n) is 20.9.